The minimum Gasteiger partial charge on any atom is -0.455 e. The fourth-order valence-corrected chi connectivity index (χ4v) is 4.59. The van der Waals surface area contributed by atoms with Crippen molar-refractivity contribution >= 4 is 23.5 Å². The zero-order chi connectivity index (χ0) is 21.3. The first-order valence-corrected chi connectivity index (χ1v) is 10.4. The smallest absolute Gasteiger partial charge is 0.311 e. The zero-order valence-corrected chi connectivity index (χ0v) is 18.0. The van der Waals surface area contributed by atoms with Gasteiger partial charge in [-0.2, -0.15) is 5.10 Å². The fraction of sp³-hybridized carbons (Fsp3) is 0.714. The summed E-state index contributed by atoms with van der Waals surface area (Å²) < 4.78 is 6.90. The Morgan fingerprint density at radius 3 is 2.62 bits per heavy atom. The van der Waals surface area contributed by atoms with Crippen molar-refractivity contribution in [1.82, 2.24) is 14.7 Å². The van der Waals surface area contributed by atoms with Gasteiger partial charge in [-0.05, 0) is 32.1 Å². The van der Waals surface area contributed by atoms with E-state index in [-0.39, 0.29) is 25.0 Å². The third-order valence-electron chi connectivity index (χ3n) is 6.67. The van der Waals surface area contributed by atoms with Gasteiger partial charge >= 0.3 is 5.97 Å². The molecule has 0 unspecified atom stereocenters. The van der Waals surface area contributed by atoms with Crippen LogP contribution in [-0.4, -0.2) is 51.7 Å². The summed E-state index contributed by atoms with van der Waals surface area (Å²) in [4.78, 5) is 39.1. The summed E-state index contributed by atoms with van der Waals surface area (Å²) in [5, 5.41) is 6.99. The number of carbonyl (C=O) groups is 3. The molecule has 0 bridgehead atoms. The van der Waals surface area contributed by atoms with Crippen LogP contribution in [0.2, 0.25) is 0 Å². The Kier molecular flexibility index (Phi) is 6.29. The number of rotatable bonds is 5. The predicted molar refractivity (Wildman–Crippen MR) is 108 cm³/mol. The lowest BCUT2D eigenvalue weighted by Gasteiger charge is -2.39. The third kappa shape index (κ3) is 4.46. The highest BCUT2D eigenvalue weighted by atomic mass is 16.5. The van der Waals surface area contributed by atoms with Gasteiger partial charge in [0.05, 0.1) is 23.0 Å². The standard InChI is InChI=1S/C21H32N4O4/c1-12-7-6-8-17(13(12)2)25-10-16(9-19(25)27)21(28)29-11-18(26)22-20-14(3)23-24(5)15(20)4/h12-13,16-17H,6-11H2,1-5H3,(H,22,26)/t12-,13-,16+,17-/m0/s1. The largest absolute Gasteiger partial charge is 0.455 e. The molecule has 1 aromatic rings. The second kappa shape index (κ2) is 8.55. The lowest BCUT2D eigenvalue weighted by atomic mass is 9.77. The second-order valence-corrected chi connectivity index (χ2v) is 8.61. The number of nitrogens with zero attached hydrogens (tertiary/aromatic N) is 3. The van der Waals surface area contributed by atoms with Crippen LogP contribution in [0.25, 0.3) is 0 Å². The molecular formula is C21H32N4O4. The van der Waals surface area contributed by atoms with Gasteiger partial charge in [-0.15, -0.1) is 0 Å². The number of ether oxygens (including phenoxy) is 1. The van der Waals surface area contributed by atoms with Crippen molar-refractivity contribution in [2.45, 2.75) is 59.4 Å². The number of hydrogen-bond acceptors (Lipinski definition) is 5. The summed E-state index contributed by atoms with van der Waals surface area (Å²) in [6, 6.07) is 0.198. The Balaban J connectivity index is 1.52. The number of amides is 2. The Bertz CT molecular complexity index is 803. The zero-order valence-electron chi connectivity index (χ0n) is 18.0. The van der Waals surface area contributed by atoms with Gasteiger partial charge in [0.1, 0.15) is 0 Å². The van der Waals surface area contributed by atoms with Crippen molar-refractivity contribution in [3.63, 3.8) is 0 Å². The lowest BCUT2D eigenvalue weighted by Crippen LogP contribution is -2.45. The molecule has 0 spiro atoms. The molecule has 3 rings (SSSR count). The van der Waals surface area contributed by atoms with Gasteiger partial charge in [0.15, 0.2) is 6.61 Å². The summed E-state index contributed by atoms with van der Waals surface area (Å²) in [5.41, 5.74) is 2.17. The average molecular weight is 405 g/mol. The summed E-state index contributed by atoms with van der Waals surface area (Å²) in [6.07, 6.45) is 3.46. The number of nitrogens with one attached hydrogen (secondary N) is 1. The Hall–Kier alpha value is -2.38. The quantitative estimate of drug-likeness (QED) is 0.760. The molecule has 1 saturated heterocycles. The van der Waals surface area contributed by atoms with Crippen molar-refractivity contribution in [3.05, 3.63) is 11.4 Å². The van der Waals surface area contributed by atoms with Crippen LogP contribution in [0.1, 0.15) is 50.9 Å². The van der Waals surface area contributed by atoms with Crippen molar-refractivity contribution < 1.29 is 19.1 Å². The maximum absolute atomic E-state index is 12.5. The molecule has 1 aliphatic carbocycles. The van der Waals surface area contributed by atoms with Crippen LogP contribution in [0, 0.1) is 31.6 Å². The van der Waals surface area contributed by atoms with Crippen molar-refractivity contribution in [2.75, 3.05) is 18.5 Å². The highest BCUT2D eigenvalue weighted by Gasteiger charge is 2.42. The number of hydrogen-bond donors (Lipinski definition) is 1. The van der Waals surface area contributed by atoms with Crippen LogP contribution in [0.3, 0.4) is 0 Å². The normalized spacial score (nSPS) is 27.2. The van der Waals surface area contributed by atoms with Crippen LogP contribution in [0.4, 0.5) is 5.69 Å². The molecule has 1 aliphatic heterocycles. The topological polar surface area (TPSA) is 93.5 Å². The van der Waals surface area contributed by atoms with E-state index < -0.39 is 17.8 Å². The Morgan fingerprint density at radius 1 is 1.24 bits per heavy atom. The maximum Gasteiger partial charge on any atom is 0.311 e. The first-order valence-electron chi connectivity index (χ1n) is 10.4. The van der Waals surface area contributed by atoms with Crippen LogP contribution < -0.4 is 5.32 Å². The maximum atomic E-state index is 12.5. The number of esters is 1. The van der Waals surface area contributed by atoms with Crippen LogP contribution >= 0.6 is 0 Å². The van der Waals surface area contributed by atoms with Crippen LogP contribution in [0.15, 0.2) is 0 Å². The summed E-state index contributed by atoms with van der Waals surface area (Å²) in [7, 11) is 1.80. The second-order valence-electron chi connectivity index (χ2n) is 8.61. The number of carbonyl (C=O) groups excluding carboxylic acids is 3. The van der Waals surface area contributed by atoms with E-state index >= 15 is 0 Å². The number of anilines is 1. The van der Waals surface area contributed by atoms with Crippen molar-refractivity contribution in [1.29, 1.82) is 0 Å². The molecule has 160 valence electrons. The Labute approximate surface area is 172 Å². The molecule has 8 nitrogen and oxygen atoms in total. The van der Waals surface area contributed by atoms with E-state index in [1.807, 2.05) is 11.8 Å². The van der Waals surface area contributed by atoms with E-state index in [2.05, 4.69) is 24.3 Å². The van der Waals surface area contributed by atoms with Crippen LogP contribution in [0.5, 0.6) is 0 Å². The SMILES string of the molecule is Cc1nn(C)c(C)c1NC(=O)COC(=O)[C@@H]1CC(=O)N([C@H]2CCC[C@H](C)[C@@H]2C)C1. The van der Waals surface area contributed by atoms with Crippen molar-refractivity contribution in [2.24, 2.45) is 24.8 Å². The van der Waals surface area contributed by atoms with Gasteiger partial charge in [-0.25, -0.2) is 0 Å². The number of aromatic nitrogens is 2. The van der Waals surface area contributed by atoms with Crippen molar-refractivity contribution in [3.8, 4) is 0 Å². The monoisotopic (exact) mass is 404 g/mol. The molecule has 2 aliphatic rings. The van der Waals surface area contributed by atoms with E-state index in [0.717, 1.165) is 18.5 Å². The molecule has 2 amide bonds. The van der Waals surface area contributed by atoms with E-state index in [9.17, 15) is 14.4 Å². The van der Waals surface area contributed by atoms with Gasteiger partial charge in [0, 0.05) is 26.1 Å². The summed E-state index contributed by atoms with van der Waals surface area (Å²) in [5.74, 6) is -0.360. The molecule has 2 heterocycles. The van der Waals surface area contributed by atoms with Crippen LogP contribution in [-0.2, 0) is 26.2 Å². The Morgan fingerprint density at radius 2 is 1.97 bits per heavy atom. The van der Waals surface area contributed by atoms with Gasteiger partial charge in [-0.3, -0.25) is 19.1 Å². The number of likely N-dealkylation sites (tertiary alicyclic amines) is 1. The molecule has 2 fully saturated rings. The van der Waals surface area contributed by atoms with Gasteiger partial charge in [0.2, 0.25) is 5.91 Å². The molecular weight excluding hydrogens is 372 g/mol. The van der Waals surface area contributed by atoms with E-state index in [0.29, 0.717) is 29.8 Å². The fourth-order valence-electron chi connectivity index (χ4n) is 4.59. The highest BCUT2D eigenvalue weighted by Crippen LogP contribution is 2.35. The molecule has 8 heteroatoms. The molecule has 4 atom stereocenters. The first-order chi connectivity index (χ1) is 13.7. The predicted octanol–water partition coefficient (Wildman–Crippen LogP) is 2.19. The molecule has 0 radical (unpaired) electrons. The molecule has 29 heavy (non-hydrogen) atoms. The molecule has 1 aromatic heterocycles. The highest BCUT2D eigenvalue weighted by molar-refractivity contribution is 5.94. The lowest BCUT2D eigenvalue weighted by molar-refractivity contribution is -0.151. The minimum absolute atomic E-state index is 0.0176. The first kappa shape index (κ1) is 21.3. The van der Waals surface area contributed by atoms with Gasteiger partial charge in [-0.1, -0.05) is 26.7 Å². The van der Waals surface area contributed by atoms with Gasteiger partial charge in [0.25, 0.3) is 5.91 Å². The number of aryl methyl sites for hydroxylation is 2. The van der Waals surface area contributed by atoms with Gasteiger partial charge < -0.3 is 15.0 Å². The third-order valence-corrected chi connectivity index (χ3v) is 6.67. The molecule has 0 aromatic carbocycles. The minimum atomic E-state index is -0.499. The summed E-state index contributed by atoms with van der Waals surface area (Å²) >= 11 is 0. The van der Waals surface area contributed by atoms with E-state index in [1.54, 1.807) is 18.7 Å². The van der Waals surface area contributed by atoms with E-state index in [4.69, 9.17) is 4.74 Å². The van der Waals surface area contributed by atoms with E-state index in [1.165, 1.54) is 6.42 Å². The summed E-state index contributed by atoms with van der Waals surface area (Å²) in [6.45, 7) is 8.11. The average Bonchev–Trinajstić information content (AvgIpc) is 3.17. The molecule has 1 saturated carbocycles. The molecule has 1 N–H and O–H groups in total.